The van der Waals surface area contributed by atoms with Crippen molar-refractivity contribution in [2.24, 2.45) is 0 Å². The average molecular weight is 424 g/mol. The van der Waals surface area contributed by atoms with Crippen LogP contribution in [0.2, 0.25) is 21.6 Å². The van der Waals surface area contributed by atoms with Crippen molar-refractivity contribution in [3.05, 3.63) is 27.8 Å². The van der Waals surface area contributed by atoms with Crippen molar-refractivity contribution < 1.29 is 9.22 Å². The first-order valence-electron chi connectivity index (χ1n) is 10.5. The van der Waals surface area contributed by atoms with Crippen molar-refractivity contribution in [3.63, 3.8) is 0 Å². The molecule has 0 fully saturated rings. The number of halogens is 1. The number of nitrogens with one attached hydrogen (secondary N) is 1. The monoisotopic (exact) mass is 423 g/mol. The first kappa shape index (κ1) is 23.4. The number of anilines is 1. The predicted octanol–water partition coefficient (Wildman–Crippen LogP) is 7.33. The van der Waals surface area contributed by atoms with Crippen molar-refractivity contribution in [1.82, 2.24) is 0 Å². The zero-order valence-electron chi connectivity index (χ0n) is 19.2. The van der Waals surface area contributed by atoms with E-state index in [1.807, 2.05) is 13.0 Å². The van der Waals surface area contributed by atoms with E-state index in [2.05, 4.69) is 67.6 Å². The van der Waals surface area contributed by atoms with Crippen LogP contribution in [0.15, 0.2) is 6.07 Å². The minimum Gasteiger partial charge on any atom is -0.410 e. The number of carbonyl (C=O) groups excluding carboxylic acids is 1. The van der Waals surface area contributed by atoms with Gasteiger partial charge in [-0.1, -0.05) is 60.1 Å². The highest BCUT2D eigenvalue weighted by molar-refractivity contribution is 6.77. The molecule has 2 rings (SSSR count). The molecular weight excluding hydrogens is 386 g/mol. The van der Waals surface area contributed by atoms with Gasteiger partial charge in [0.2, 0.25) is 8.32 Å². The van der Waals surface area contributed by atoms with E-state index in [1.165, 1.54) is 0 Å². The molecule has 1 N–H and O–H groups in total. The predicted molar refractivity (Wildman–Crippen MR) is 124 cm³/mol. The Bertz CT molecular complexity index is 721. The van der Waals surface area contributed by atoms with Crippen LogP contribution in [-0.2, 0) is 4.43 Å². The van der Waals surface area contributed by atoms with E-state index in [1.54, 1.807) is 0 Å². The second-order valence-electron chi connectivity index (χ2n) is 9.99. The molecule has 2 atom stereocenters. The van der Waals surface area contributed by atoms with Crippen LogP contribution in [0.3, 0.4) is 0 Å². The molecule has 0 radical (unpaired) electrons. The molecule has 0 bridgehead atoms. The molecule has 1 aromatic rings. The molecule has 1 heterocycles. The van der Waals surface area contributed by atoms with Gasteiger partial charge in [-0.05, 0) is 49.0 Å². The van der Waals surface area contributed by atoms with Gasteiger partial charge in [0, 0.05) is 22.7 Å². The summed E-state index contributed by atoms with van der Waals surface area (Å²) in [6, 6.07) is 1.88. The zero-order chi connectivity index (χ0) is 21.6. The Labute approximate surface area is 177 Å². The van der Waals surface area contributed by atoms with Gasteiger partial charge >= 0.3 is 0 Å². The van der Waals surface area contributed by atoms with Gasteiger partial charge in [-0.2, -0.15) is 0 Å². The first-order valence-corrected chi connectivity index (χ1v) is 13.1. The topological polar surface area (TPSA) is 38.3 Å². The van der Waals surface area contributed by atoms with E-state index in [0.717, 1.165) is 23.1 Å². The third kappa shape index (κ3) is 3.68. The highest BCUT2D eigenvalue weighted by atomic mass is 35.5. The number of hydrogen-bond donors (Lipinski definition) is 1. The third-order valence-corrected chi connectivity index (χ3v) is 13.3. The lowest BCUT2D eigenvalue weighted by atomic mass is 9.77. The van der Waals surface area contributed by atoms with Gasteiger partial charge in [-0.25, -0.2) is 0 Å². The van der Waals surface area contributed by atoms with E-state index >= 15 is 0 Å². The maximum atomic E-state index is 11.5. The van der Waals surface area contributed by atoms with Gasteiger partial charge in [-0.3, -0.25) is 4.79 Å². The molecule has 5 heteroatoms. The van der Waals surface area contributed by atoms with E-state index in [-0.39, 0.29) is 17.6 Å². The maximum absolute atomic E-state index is 11.5. The summed E-state index contributed by atoms with van der Waals surface area (Å²) in [4.78, 5) is 11.5. The van der Waals surface area contributed by atoms with Crippen LogP contribution in [0.1, 0.15) is 89.7 Å². The SMILES string of the molecule is Cc1cc(C=O)c(Cl)c2c1NC(C)(C)[C@@H](O[Si](C(C)C)(C(C)C)C(C)C)[C@@H]2C. The Morgan fingerprint density at radius 2 is 1.64 bits per heavy atom. The molecular formula is C23H38ClNO2Si. The van der Waals surface area contributed by atoms with Crippen LogP contribution in [-0.4, -0.2) is 26.2 Å². The Morgan fingerprint density at radius 3 is 2.07 bits per heavy atom. The molecule has 0 aliphatic carbocycles. The Morgan fingerprint density at radius 1 is 1.14 bits per heavy atom. The maximum Gasteiger partial charge on any atom is 0.200 e. The highest BCUT2D eigenvalue weighted by Crippen LogP contribution is 2.51. The summed E-state index contributed by atoms with van der Waals surface area (Å²) < 4.78 is 7.25. The number of hydrogen-bond acceptors (Lipinski definition) is 3. The summed E-state index contributed by atoms with van der Waals surface area (Å²) >= 11 is 6.70. The standard InChI is InChI=1S/C23H38ClNO2Si/c1-13(2)28(14(3)4,15(5)6)27-22-17(8)19-20(24)18(12-26)11-16(7)21(19)25-23(22,9)10/h11-15,17,22,25H,1-10H3/t17-,22+/m1/s1. The molecule has 0 unspecified atom stereocenters. The van der Waals surface area contributed by atoms with Gasteiger partial charge in [0.25, 0.3) is 0 Å². The Kier molecular flexibility index (Phi) is 6.79. The smallest absolute Gasteiger partial charge is 0.200 e. The summed E-state index contributed by atoms with van der Waals surface area (Å²) in [5, 5.41) is 4.27. The molecule has 0 spiro atoms. The van der Waals surface area contributed by atoms with Crippen LogP contribution >= 0.6 is 11.6 Å². The minimum absolute atomic E-state index is 0.0160. The van der Waals surface area contributed by atoms with Crippen molar-refractivity contribution in [1.29, 1.82) is 0 Å². The lowest BCUT2D eigenvalue weighted by Crippen LogP contribution is -2.59. The van der Waals surface area contributed by atoms with Crippen molar-refractivity contribution in [3.8, 4) is 0 Å². The summed E-state index contributed by atoms with van der Waals surface area (Å²) in [5.74, 6) is 0.0977. The van der Waals surface area contributed by atoms with Crippen LogP contribution < -0.4 is 5.32 Å². The number of rotatable bonds is 6. The van der Waals surface area contributed by atoms with Gasteiger partial charge < -0.3 is 9.74 Å². The van der Waals surface area contributed by atoms with E-state index < -0.39 is 8.32 Å². The van der Waals surface area contributed by atoms with Gasteiger partial charge in [0.05, 0.1) is 16.7 Å². The summed E-state index contributed by atoms with van der Waals surface area (Å²) in [5.41, 5.74) is 4.98. The van der Waals surface area contributed by atoms with Gasteiger partial charge in [-0.15, -0.1) is 0 Å². The van der Waals surface area contributed by atoms with Crippen molar-refractivity contribution in [2.45, 2.75) is 103 Å². The molecule has 0 saturated heterocycles. The Hall–Kier alpha value is -0.843. The fraction of sp³-hybridized carbons (Fsp3) is 0.696. The molecule has 0 aromatic heterocycles. The van der Waals surface area contributed by atoms with Crippen LogP contribution in [0.25, 0.3) is 0 Å². The van der Waals surface area contributed by atoms with Crippen molar-refractivity contribution >= 4 is 31.9 Å². The van der Waals surface area contributed by atoms with E-state index in [0.29, 0.717) is 27.2 Å². The largest absolute Gasteiger partial charge is 0.410 e. The van der Waals surface area contributed by atoms with Crippen LogP contribution in [0.4, 0.5) is 5.69 Å². The second kappa shape index (κ2) is 8.12. The second-order valence-corrected chi connectivity index (χ2v) is 15.8. The number of fused-ring (bicyclic) bond motifs is 1. The molecule has 1 aromatic carbocycles. The lowest BCUT2D eigenvalue weighted by Gasteiger charge is -2.52. The lowest BCUT2D eigenvalue weighted by molar-refractivity contribution is 0.0913. The van der Waals surface area contributed by atoms with Gasteiger partial charge in [0.1, 0.15) is 0 Å². The van der Waals surface area contributed by atoms with Crippen LogP contribution in [0, 0.1) is 6.92 Å². The first-order chi connectivity index (χ1) is 12.8. The quantitative estimate of drug-likeness (QED) is 0.384. The number of benzene rings is 1. The molecule has 3 nitrogen and oxygen atoms in total. The fourth-order valence-corrected chi connectivity index (χ4v) is 11.7. The fourth-order valence-electron chi connectivity index (χ4n) is 5.57. The number of aryl methyl sites for hydroxylation is 1. The molecule has 0 saturated carbocycles. The Balaban J connectivity index is 2.64. The summed E-state index contributed by atoms with van der Waals surface area (Å²) in [6.45, 7) is 22.6. The number of aldehydes is 1. The normalized spacial score (nSPS) is 21.8. The molecule has 1 aliphatic rings. The summed E-state index contributed by atoms with van der Waals surface area (Å²) in [7, 11) is -2.07. The van der Waals surface area contributed by atoms with E-state index in [9.17, 15) is 4.79 Å². The van der Waals surface area contributed by atoms with E-state index in [4.69, 9.17) is 16.0 Å². The molecule has 28 heavy (non-hydrogen) atoms. The molecule has 0 amide bonds. The zero-order valence-corrected chi connectivity index (χ0v) is 21.0. The highest BCUT2D eigenvalue weighted by Gasteiger charge is 2.52. The van der Waals surface area contributed by atoms with Gasteiger partial charge in [0.15, 0.2) is 6.29 Å². The third-order valence-electron chi connectivity index (χ3n) is 6.76. The van der Waals surface area contributed by atoms with Crippen LogP contribution in [0.5, 0.6) is 0 Å². The number of carbonyl (C=O) groups is 1. The average Bonchev–Trinajstić information content (AvgIpc) is 2.56. The summed E-state index contributed by atoms with van der Waals surface area (Å²) in [6.07, 6.45) is 0.838. The molecule has 158 valence electrons. The van der Waals surface area contributed by atoms with Crippen molar-refractivity contribution in [2.75, 3.05) is 5.32 Å². The minimum atomic E-state index is -2.07. The molecule has 1 aliphatic heterocycles.